The summed E-state index contributed by atoms with van der Waals surface area (Å²) in [6, 6.07) is 9.57. The highest BCUT2D eigenvalue weighted by Crippen LogP contribution is 2.14. The number of rotatable bonds is 6. The van der Waals surface area contributed by atoms with Gasteiger partial charge >= 0.3 is 12.1 Å². The monoisotopic (exact) mass is 375 g/mol. The number of amides is 1. The first-order valence-corrected chi connectivity index (χ1v) is 9.27. The van der Waals surface area contributed by atoms with Gasteiger partial charge in [-0.3, -0.25) is 4.79 Å². The fraction of sp³-hybridized carbons (Fsp3) is 0.545. The Kier molecular flexibility index (Phi) is 8.07. The summed E-state index contributed by atoms with van der Waals surface area (Å²) < 4.78 is 10.7. The van der Waals surface area contributed by atoms with Crippen LogP contribution in [0.2, 0.25) is 0 Å². The highest BCUT2D eigenvalue weighted by molar-refractivity contribution is 5.73. The van der Waals surface area contributed by atoms with E-state index in [9.17, 15) is 9.59 Å². The molecule has 5 nitrogen and oxygen atoms in total. The second kappa shape index (κ2) is 9.58. The summed E-state index contributed by atoms with van der Waals surface area (Å²) in [5.74, 6) is -0.285. The van der Waals surface area contributed by atoms with Gasteiger partial charge in [0.25, 0.3) is 0 Å². The zero-order chi connectivity index (χ0) is 20.7. The average molecular weight is 376 g/mol. The molecule has 0 spiro atoms. The minimum Gasteiger partial charge on any atom is -0.460 e. The van der Waals surface area contributed by atoms with Gasteiger partial charge in [0.2, 0.25) is 0 Å². The number of nitrogens with one attached hydrogen (secondary N) is 1. The number of esters is 1. The summed E-state index contributed by atoms with van der Waals surface area (Å²) in [5, 5.41) is 2.88. The van der Waals surface area contributed by atoms with Crippen molar-refractivity contribution in [2.24, 2.45) is 0 Å². The van der Waals surface area contributed by atoms with Gasteiger partial charge in [0.15, 0.2) is 0 Å². The number of carbonyl (C=O) groups is 2. The summed E-state index contributed by atoms with van der Waals surface area (Å²) in [5.41, 5.74) is 0.827. The molecule has 1 atom stereocenters. The van der Waals surface area contributed by atoms with E-state index in [1.165, 1.54) is 0 Å². The summed E-state index contributed by atoms with van der Waals surface area (Å²) in [6.45, 7) is 12.8. The molecule has 27 heavy (non-hydrogen) atoms. The molecule has 5 heteroatoms. The van der Waals surface area contributed by atoms with E-state index in [1.807, 2.05) is 84.9 Å². The predicted molar refractivity (Wildman–Crippen MR) is 108 cm³/mol. The number of hydrogen-bond donors (Lipinski definition) is 1. The molecular weight excluding hydrogens is 342 g/mol. The van der Waals surface area contributed by atoms with E-state index in [-0.39, 0.29) is 18.4 Å². The zero-order valence-electron chi connectivity index (χ0n) is 17.6. The van der Waals surface area contributed by atoms with E-state index in [4.69, 9.17) is 9.47 Å². The van der Waals surface area contributed by atoms with E-state index in [1.54, 1.807) is 0 Å². The summed E-state index contributed by atoms with van der Waals surface area (Å²) in [6.07, 6.45) is 2.19. The third-order valence-electron chi connectivity index (χ3n) is 3.33. The molecule has 1 aromatic carbocycles. The van der Waals surface area contributed by atoms with Crippen LogP contribution in [0.1, 0.15) is 60.5 Å². The van der Waals surface area contributed by atoms with Crippen molar-refractivity contribution in [3.63, 3.8) is 0 Å². The van der Waals surface area contributed by atoms with Crippen molar-refractivity contribution in [1.82, 2.24) is 5.32 Å². The Bertz CT molecular complexity index is 651. The molecule has 0 bridgehead atoms. The first kappa shape index (κ1) is 22.7. The van der Waals surface area contributed by atoms with Crippen LogP contribution in [0, 0.1) is 0 Å². The van der Waals surface area contributed by atoms with E-state index in [2.05, 4.69) is 5.32 Å². The number of benzene rings is 1. The molecule has 1 aromatic rings. The van der Waals surface area contributed by atoms with Crippen LogP contribution in [0.25, 0.3) is 0 Å². The molecule has 1 N–H and O–H groups in total. The average Bonchev–Trinajstić information content (AvgIpc) is 2.43. The molecule has 0 saturated carbocycles. The molecule has 0 aliphatic rings. The third-order valence-corrected chi connectivity index (χ3v) is 3.33. The summed E-state index contributed by atoms with van der Waals surface area (Å²) in [7, 11) is 0. The first-order chi connectivity index (χ1) is 12.3. The smallest absolute Gasteiger partial charge is 0.408 e. The van der Waals surface area contributed by atoms with Crippen molar-refractivity contribution in [3.05, 3.63) is 47.5 Å². The number of ether oxygens (including phenoxy) is 2. The van der Waals surface area contributed by atoms with Gasteiger partial charge in [-0.2, -0.15) is 0 Å². The van der Waals surface area contributed by atoms with Crippen molar-refractivity contribution >= 4 is 12.1 Å². The molecule has 0 aromatic heterocycles. The minimum atomic E-state index is -0.573. The molecule has 0 fully saturated rings. The normalized spacial score (nSPS) is 13.7. The Hall–Kier alpha value is -2.30. The van der Waals surface area contributed by atoms with Gasteiger partial charge in [0, 0.05) is 0 Å². The van der Waals surface area contributed by atoms with Gasteiger partial charge in [0.1, 0.15) is 11.2 Å². The summed E-state index contributed by atoms with van der Waals surface area (Å²) in [4.78, 5) is 24.2. The fourth-order valence-corrected chi connectivity index (χ4v) is 2.49. The SMILES string of the molecule is C/C(=C/[C@@H](Cc1ccccc1)NC(=O)OC(C)(C)C)CC(=O)OC(C)(C)C. The van der Waals surface area contributed by atoms with Crippen LogP contribution >= 0.6 is 0 Å². The van der Waals surface area contributed by atoms with E-state index in [0.717, 1.165) is 11.1 Å². The molecule has 0 saturated heterocycles. The van der Waals surface area contributed by atoms with Crippen molar-refractivity contribution in [2.75, 3.05) is 0 Å². The van der Waals surface area contributed by atoms with Crippen molar-refractivity contribution < 1.29 is 19.1 Å². The topological polar surface area (TPSA) is 64.6 Å². The van der Waals surface area contributed by atoms with Gasteiger partial charge in [-0.05, 0) is 60.5 Å². The number of alkyl carbamates (subject to hydrolysis) is 1. The lowest BCUT2D eigenvalue weighted by Crippen LogP contribution is -2.39. The lowest BCUT2D eigenvalue weighted by molar-refractivity contribution is -0.153. The molecular formula is C22H33NO4. The molecule has 150 valence electrons. The van der Waals surface area contributed by atoms with Gasteiger partial charge in [-0.1, -0.05) is 42.0 Å². The van der Waals surface area contributed by atoms with Gasteiger partial charge in [0.05, 0.1) is 12.5 Å². The fourth-order valence-electron chi connectivity index (χ4n) is 2.49. The zero-order valence-corrected chi connectivity index (χ0v) is 17.6. The highest BCUT2D eigenvalue weighted by atomic mass is 16.6. The van der Waals surface area contributed by atoms with Crippen LogP contribution in [0.5, 0.6) is 0 Å². The number of carbonyl (C=O) groups excluding carboxylic acids is 2. The maximum atomic E-state index is 12.2. The second-order valence-corrected chi connectivity index (χ2v) is 8.72. The van der Waals surface area contributed by atoms with Crippen LogP contribution in [-0.2, 0) is 20.7 Å². The van der Waals surface area contributed by atoms with Crippen LogP contribution in [-0.4, -0.2) is 29.3 Å². The highest BCUT2D eigenvalue weighted by Gasteiger charge is 2.20. The maximum Gasteiger partial charge on any atom is 0.408 e. The van der Waals surface area contributed by atoms with Crippen LogP contribution in [0.3, 0.4) is 0 Å². The lowest BCUT2D eigenvalue weighted by Gasteiger charge is -2.23. The lowest BCUT2D eigenvalue weighted by atomic mass is 10.0. The van der Waals surface area contributed by atoms with Crippen LogP contribution in [0.4, 0.5) is 4.79 Å². The number of hydrogen-bond acceptors (Lipinski definition) is 4. The maximum absolute atomic E-state index is 12.2. The predicted octanol–water partition coefficient (Wildman–Crippen LogP) is 4.80. The molecule has 0 aliphatic heterocycles. The molecule has 0 heterocycles. The Labute approximate surface area is 163 Å². The van der Waals surface area contributed by atoms with E-state index < -0.39 is 17.3 Å². The summed E-state index contributed by atoms with van der Waals surface area (Å²) >= 11 is 0. The second-order valence-electron chi connectivity index (χ2n) is 8.72. The van der Waals surface area contributed by atoms with Gasteiger partial charge < -0.3 is 14.8 Å². The Morgan fingerprint density at radius 1 is 1.00 bits per heavy atom. The molecule has 0 unspecified atom stereocenters. The Morgan fingerprint density at radius 3 is 2.07 bits per heavy atom. The minimum absolute atomic E-state index is 0.179. The molecule has 1 amide bonds. The van der Waals surface area contributed by atoms with Crippen LogP contribution < -0.4 is 5.32 Å². The third kappa shape index (κ3) is 11.1. The quantitative estimate of drug-likeness (QED) is 0.573. The Morgan fingerprint density at radius 2 is 1.56 bits per heavy atom. The van der Waals surface area contributed by atoms with E-state index >= 15 is 0 Å². The molecule has 1 rings (SSSR count). The van der Waals surface area contributed by atoms with Crippen molar-refractivity contribution in [3.8, 4) is 0 Å². The largest absolute Gasteiger partial charge is 0.460 e. The molecule has 0 radical (unpaired) electrons. The van der Waals surface area contributed by atoms with Crippen molar-refractivity contribution in [1.29, 1.82) is 0 Å². The van der Waals surface area contributed by atoms with Crippen molar-refractivity contribution in [2.45, 2.75) is 78.6 Å². The van der Waals surface area contributed by atoms with Crippen LogP contribution in [0.15, 0.2) is 42.0 Å². The van der Waals surface area contributed by atoms with Gasteiger partial charge in [-0.25, -0.2) is 4.79 Å². The van der Waals surface area contributed by atoms with E-state index in [0.29, 0.717) is 6.42 Å². The molecule has 0 aliphatic carbocycles. The first-order valence-electron chi connectivity index (χ1n) is 9.27. The standard InChI is InChI=1S/C22H33NO4/c1-16(14-19(24)26-21(2,3)4)13-18(15-17-11-9-8-10-12-17)23-20(25)27-22(5,6)7/h8-13,18H,14-15H2,1-7H3,(H,23,25)/b16-13-/t18-/m0/s1. The van der Waals surface area contributed by atoms with Gasteiger partial charge in [-0.15, -0.1) is 0 Å². The Balaban J connectivity index is 2.85.